The summed E-state index contributed by atoms with van der Waals surface area (Å²) in [7, 11) is 1.58. The first-order valence-electron chi connectivity index (χ1n) is 9.13. The van der Waals surface area contributed by atoms with Crippen LogP contribution in [0.15, 0.2) is 48.5 Å². The molecule has 3 N–H and O–H groups in total. The van der Waals surface area contributed by atoms with Crippen LogP contribution in [0.2, 0.25) is 0 Å². The van der Waals surface area contributed by atoms with Gasteiger partial charge >= 0.3 is 0 Å². The maximum absolute atomic E-state index is 12.2. The fourth-order valence-electron chi connectivity index (χ4n) is 2.28. The summed E-state index contributed by atoms with van der Waals surface area (Å²) in [5.41, 5.74) is 6.22. The van der Waals surface area contributed by atoms with Crippen molar-refractivity contribution in [3.63, 3.8) is 0 Å². The molecule has 0 heterocycles. The van der Waals surface area contributed by atoms with Crippen LogP contribution in [0.25, 0.3) is 0 Å². The molecular weight excluding hydrogens is 390 g/mol. The average Bonchev–Trinajstić information content (AvgIpc) is 2.71. The standard InChI is InChI=1S/C21H25N3O4S/c1-14(2)13-28-18-10-6-16(7-11-18)20(26)23-24-21(29)22-19(25)12-15-4-8-17(27-3)9-5-15/h4-11,14H,12-13H2,1-3H3,(H,23,26)(H2,22,24,25,29). The zero-order chi connectivity index (χ0) is 21.2. The third-order valence-corrected chi connectivity index (χ3v) is 3.97. The van der Waals surface area contributed by atoms with Crippen molar-refractivity contribution in [1.82, 2.24) is 16.2 Å². The second kappa shape index (κ2) is 11.0. The lowest BCUT2D eigenvalue weighted by atomic mass is 10.1. The second-order valence-corrected chi connectivity index (χ2v) is 7.12. The molecule has 0 saturated carbocycles. The Morgan fingerprint density at radius 2 is 1.59 bits per heavy atom. The Kier molecular flexibility index (Phi) is 8.42. The van der Waals surface area contributed by atoms with Crippen molar-refractivity contribution in [2.45, 2.75) is 20.3 Å². The molecule has 0 unspecified atom stereocenters. The Labute approximate surface area is 175 Å². The number of benzene rings is 2. The van der Waals surface area contributed by atoms with E-state index in [-0.39, 0.29) is 23.3 Å². The van der Waals surface area contributed by atoms with Gasteiger partial charge in [0.15, 0.2) is 5.11 Å². The number of thiocarbonyl (C=S) groups is 1. The Morgan fingerprint density at radius 1 is 0.966 bits per heavy atom. The van der Waals surface area contributed by atoms with Crippen LogP contribution in [-0.2, 0) is 11.2 Å². The highest BCUT2D eigenvalue weighted by Gasteiger charge is 2.09. The summed E-state index contributed by atoms with van der Waals surface area (Å²) in [5.74, 6) is 1.15. The maximum Gasteiger partial charge on any atom is 0.269 e. The molecule has 0 fully saturated rings. The highest BCUT2D eigenvalue weighted by molar-refractivity contribution is 7.80. The lowest BCUT2D eigenvalue weighted by molar-refractivity contribution is -0.119. The molecule has 0 spiro atoms. The van der Waals surface area contributed by atoms with E-state index in [0.717, 1.165) is 5.56 Å². The van der Waals surface area contributed by atoms with Crippen molar-refractivity contribution in [1.29, 1.82) is 0 Å². The van der Waals surface area contributed by atoms with E-state index >= 15 is 0 Å². The summed E-state index contributed by atoms with van der Waals surface area (Å²) in [6.07, 6.45) is 0.150. The number of hydrazine groups is 1. The predicted octanol–water partition coefficient (Wildman–Crippen LogP) is 2.61. The van der Waals surface area contributed by atoms with Gasteiger partial charge in [-0.3, -0.25) is 20.4 Å². The predicted molar refractivity (Wildman–Crippen MR) is 115 cm³/mol. The molecule has 0 aliphatic rings. The van der Waals surface area contributed by atoms with Crippen molar-refractivity contribution in [3.8, 4) is 11.5 Å². The fourth-order valence-corrected chi connectivity index (χ4v) is 2.45. The molecule has 29 heavy (non-hydrogen) atoms. The molecule has 154 valence electrons. The van der Waals surface area contributed by atoms with Crippen LogP contribution >= 0.6 is 12.2 Å². The van der Waals surface area contributed by atoms with Gasteiger partial charge in [-0.2, -0.15) is 0 Å². The molecule has 0 aliphatic carbocycles. The number of hydrogen-bond acceptors (Lipinski definition) is 5. The van der Waals surface area contributed by atoms with Gasteiger partial charge in [-0.1, -0.05) is 26.0 Å². The van der Waals surface area contributed by atoms with Crippen molar-refractivity contribution in [3.05, 3.63) is 59.7 Å². The minimum atomic E-state index is -0.382. The number of rotatable bonds is 7. The second-order valence-electron chi connectivity index (χ2n) is 6.71. The van der Waals surface area contributed by atoms with E-state index in [1.165, 1.54) is 0 Å². The number of methoxy groups -OCH3 is 1. The monoisotopic (exact) mass is 415 g/mol. The molecule has 2 rings (SSSR count). The zero-order valence-electron chi connectivity index (χ0n) is 16.7. The summed E-state index contributed by atoms with van der Waals surface area (Å²) in [4.78, 5) is 24.2. The molecule has 7 nitrogen and oxygen atoms in total. The van der Waals surface area contributed by atoms with Crippen LogP contribution in [0.4, 0.5) is 0 Å². The van der Waals surface area contributed by atoms with Crippen LogP contribution in [0.5, 0.6) is 11.5 Å². The van der Waals surface area contributed by atoms with Crippen molar-refractivity contribution < 1.29 is 19.1 Å². The molecule has 2 aromatic rings. The van der Waals surface area contributed by atoms with E-state index < -0.39 is 0 Å². The van der Waals surface area contributed by atoms with Crippen LogP contribution < -0.4 is 25.6 Å². The van der Waals surface area contributed by atoms with Gasteiger partial charge in [0, 0.05) is 5.56 Å². The molecule has 0 atom stereocenters. The number of ether oxygens (including phenoxy) is 2. The van der Waals surface area contributed by atoms with Crippen molar-refractivity contribution in [2.24, 2.45) is 5.92 Å². The van der Waals surface area contributed by atoms with E-state index in [2.05, 4.69) is 30.0 Å². The number of hydrogen-bond donors (Lipinski definition) is 3. The van der Waals surface area contributed by atoms with E-state index in [1.807, 2.05) is 0 Å². The van der Waals surface area contributed by atoms with Gasteiger partial charge in [0.05, 0.1) is 20.1 Å². The van der Waals surface area contributed by atoms with Gasteiger partial charge in [-0.15, -0.1) is 0 Å². The van der Waals surface area contributed by atoms with Gasteiger partial charge in [-0.05, 0) is 60.1 Å². The molecule has 0 saturated heterocycles. The zero-order valence-corrected chi connectivity index (χ0v) is 17.5. The third kappa shape index (κ3) is 7.79. The molecule has 8 heteroatoms. The van der Waals surface area contributed by atoms with E-state index in [0.29, 0.717) is 29.6 Å². The smallest absolute Gasteiger partial charge is 0.269 e. The Bertz CT molecular complexity index is 836. The molecule has 0 bridgehead atoms. The van der Waals surface area contributed by atoms with Gasteiger partial charge in [-0.25, -0.2) is 0 Å². The minimum absolute atomic E-state index is 0.00810. The summed E-state index contributed by atoms with van der Waals surface area (Å²) in [6.45, 7) is 4.73. The van der Waals surface area contributed by atoms with E-state index in [1.54, 1.807) is 55.6 Å². The van der Waals surface area contributed by atoms with Crippen LogP contribution in [-0.4, -0.2) is 30.6 Å². The molecule has 2 aromatic carbocycles. The third-order valence-electron chi connectivity index (χ3n) is 3.77. The van der Waals surface area contributed by atoms with Gasteiger partial charge in [0.1, 0.15) is 11.5 Å². The Morgan fingerprint density at radius 3 is 2.17 bits per heavy atom. The first-order chi connectivity index (χ1) is 13.9. The topological polar surface area (TPSA) is 88.7 Å². The largest absolute Gasteiger partial charge is 0.497 e. The number of nitrogens with one attached hydrogen (secondary N) is 3. The summed E-state index contributed by atoms with van der Waals surface area (Å²) < 4.78 is 10.7. The average molecular weight is 416 g/mol. The highest BCUT2D eigenvalue weighted by atomic mass is 32.1. The number of amides is 2. The Hall–Kier alpha value is -3.13. The first-order valence-corrected chi connectivity index (χ1v) is 9.54. The van der Waals surface area contributed by atoms with Crippen molar-refractivity contribution in [2.75, 3.05) is 13.7 Å². The normalized spacial score (nSPS) is 10.2. The lowest BCUT2D eigenvalue weighted by Gasteiger charge is -2.12. The fraction of sp³-hybridized carbons (Fsp3) is 0.286. The Balaban J connectivity index is 1.75. The van der Waals surface area contributed by atoms with Gasteiger partial charge in [0.25, 0.3) is 5.91 Å². The molecule has 0 aliphatic heterocycles. The van der Waals surface area contributed by atoms with Gasteiger partial charge < -0.3 is 14.8 Å². The van der Waals surface area contributed by atoms with Crippen LogP contribution in [0.3, 0.4) is 0 Å². The summed E-state index contributed by atoms with van der Waals surface area (Å²) in [6, 6.07) is 13.9. The minimum Gasteiger partial charge on any atom is -0.497 e. The summed E-state index contributed by atoms with van der Waals surface area (Å²) >= 11 is 5.04. The van der Waals surface area contributed by atoms with Crippen molar-refractivity contribution >= 4 is 29.1 Å². The molecule has 2 amide bonds. The SMILES string of the molecule is COc1ccc(CC(=O)NC(=S)NNC(=O)c2ccc(OCC(C)C)cc2)cc1. The van der Waals surface area contributed by atoms with Crippen LogP contribution in [0, 0.1) is 5.92 Å². The van der Waals surface area contributed by atoms with Gasteiger partial charge in [0.2, 0.25) is 5.91 Å². The molecule has 0 radical (unpaired) electrons. The maximum atomic E-state index is 12.2. The summed E-state index contributed by atoms with van der Waals surface area (Å²) in [5, 5.41) is 2.52. The lowest BCUT2D eigenvalue weighted by Crippen LogP contribution is -2.48. The quantitative estimate of drug-likeness (QED) is 0.476. The first kappa shape index (κ1) is 22.2. The number of carbonyl (C=O) groups excluding carboxylic acids is 2. The van der Waals surface area contributed by atoms with E-state index in [4.69, 9.17) is 21.7 Å². The highest BCUT2D eigenvalue weighted by Crippen LogP contribution is 2.13. The van der Waals surface area contributed by atoms with E-state index in [9.17, 15) is 9.59 Å². The number of carbonyl (C=O) groups is 2. The molecular formula is C21H25N3O4S. The molecule has 0 aromatic heterocycles. The van der Waals surface area contributed by atoms with Crippen LogP contribution in [0.1, 0.15) is 29.8 Å².